The molecule has 2 aliphatic rings. The third-order valence-electron chi connectivity index (χ3n) is 7.58. The van der Waals surface area contributed by atoms with Crippen LogP contribution >= 0.6 is 0 Å². The van der Waals surface area contributed by atoms with Crippen LogP contribution in [0.3, 0.4) is 0 Å². The number of aromatic nitrogens is 3. The van der Waals surface area contributed by atoms with Crippen molar-refractivity contribution in [2.75, 3.05) is 25.0 Å². The lowest BCUT2D eigenvalue weighted by atomic mass is 9.87. The van der Waals surface area contributed by atoms with Gasteiger partial charge >= 0.3 is 0 Å². The van der Waals surface area contributed by atoms with Gasteiger partial charge in [-0.05, 0) is 48.4 Å². The molecule has 1 unspecified atom stereocenters. The second-order valence-corrected chi connectivity index (χ2v) is 11.3. The predicted molar refractivity (Wildman–Crippen MR) is 148 cm³/mol. The van der Waals surface area contributed by atoms with Crippen molar-refractivity contribution in [3.8, 4) is 5.75 Å². The minimum atomic E-state index is -0.0287. The number of nitrogens with zero attached hydrogens (tertiary/aromatic N) is 4. The molecule has 5 rings (SSSR count). The number of pyridine rings is 1. The molecule has 2 N–H and O–H groups in total. The summed E-state index contributed by atoms with van der Waals surface area (Å²) in [5.74, 6) is 1.54. The molecular formula is C30H38N6O2. The molecule has 1 aromatic carbocycles. The molecule has 0 radical (unpaired) electrons. The molecule has 200 valence electrons. The van der Waals surface area contributed by atoms with E-state index in [0.717, 1.165) is 36.3 Å². The van der Waals surface area contributed by atoms with Gasteiger partial charge in [-0.3, -0.25) is 9.78 Å². The maximum Gasteiger partial charge on any atom is 0.272 e. The molecule has 1 amide bonds. The number of carbonyl (C=O) groups is 1. The number of hydrogen-bond donors (Lipinski definition) is 2. The van der Waals surface area contributed by atoms with Crippen LogP contribution in [0.2, 0.25) is 0 Å². The first-order valence-corrected chi connectivity index (χ1v) is 13.6. The molecule has 8 nitrogen and oxygen atoms in total. The van der Waals surface area contributed by atoms with E-state index in [4.69, 9.17) is 4.74 Å². The van der Waals surface area contributed by atoms with Crippen molar-refractivity contribution in [3.05, 3.63) is 77.0 Å². The van der Waals surface area contributed by atoms with Gasteiger partial charge in [-0.2, -0.15) is 0 Å². The summed E-state index contributed by atoms with van der Waals surface area (Å²) in [7, 11) is 0. The van der Waals surface area contributed by atoms with E-state index in [1.807, 2.05) is 30.2 Å². The molecule has 0 spiro atoms. The Balaban J connectivity index is 1.17. The lowest BCUT2D eigenvalue weighted by molar-refractivity contribution is 0.0692. The molecule has 0 saturated carbocycles. The fourth-order valence-electron chi connectivity index (χ4n) is 5.21. The van der Waals surface area contributed by atoms with Gasteiger partial charge in [-0.1, -0.05) is 45.0 Å². The van der Waals surface area contributed by atoms with E-state index in [0.29, 0.717) is 43.8 Å². The van der Waals surface area contributed by atoms with E-state index in [9.17, 15) is 4.79 Å². The second-order valence-electron chi connectivity index (χ2n) is 11.3. The maximum atomic E-state index is 13.4. The monoisotopic (exact) mass is 514 g/mol. The molecule has 2 aromatic heterocycles. The first-order valence-electron chi connectivity index (χ1n) is 13.6. The number of benzene rings is 1. The second kappa shape index (κ2) is 11.1. The number of hydrogen-bond acceptors (Lipinski definition) is 7. The van der Waals surface area contributed by atoms with Crippen LogP contribution in [-0.4, -0.2) is 51.5 Å². The van der Waals surface area contributed by atoms with Crippen LogP contribution in [0.1, 0.15) is 78.9 Å². The first kappa shape index (κ1) is 26.1. The van der Waals surface area contributed by atoms with Gasteiger partial charge in [-0.15, -0.1) is 0 Å². The molecular weight excluding hydrogens is 476 g/mol. The summed E-state index contributed by atoms with van der Waals surface area (Å²) in [6, 6.07) is 13.1. The number of carbonyl (C=O) groups excluding carboxylic acids is 1. The van der Waals surface area contributed by atoms with Crippen molar-refractivity contribution in [3.63, 3.8) is 0 Å². The van der Waals surface area contributed by atoms with Crippen LogP contribution in [0.4, 0.5) is 5.82 Å². The van der Waals surface area contributed by atoms with Gasteiger partial charge in [-0.25, -0.2) is 9.97 Å². The van der Waals surface area contributed by atoms with E-state index in [1.165, 1.54) is 17.5 Å². The summed E-state index contributed by atoms with van der Waals surface area (Å²) in [6.07, 6.45) is 5.99. The Hall–Kier alpha value is -3.52. The third-order valence-corrected chi connectivity index (χ3v) is 7.58. The molecule has 4 heterocycles. The Labute approximate surface area is 225 Å². The summed E-state index contributed by atoms with van der Waals surface area (Å²) in [6.45, 7) is 11.3. The number of likely N-dealkylation sites (tertiary alicyclic amines) is 1. The van der Waals surface area contributed by atoms with Gasteiger partial charge < -0.3 is 20.3 Å². The first-order chi connectivity index (χ1) is 18.3. The number of amides is 1. The lowest BCUT2D eigenvalue weighted by Gasteiger charge is -2.35. The van der Waals surface area contributed by atoms with Crippen LogP contribution in [0.5, 0.6) is 5.75 Å². The molecule has 3 aromatic rings. The zero-order valence-corrected chi connectivity index (χ0v) is 22.8. The number of ether oxygens (including phenoxy) is 1. The molecule has 8 heteroatoms. The minimum Gasteiger partial charge on any atom is -0.492 e. The molecule has 0 bridgehead atoms. The van der Waals surface area contributed by atoms with Gasteiger partial charge in [0, 0.05) is 43.9 Å². The van der Waals surface area contributed by atoms with E-state index in [-0.39, 0.29) is 17.4 Å². The van der Waals surface area contributed by atoms with Crippen LogP contribution in [0.15, 0.2) is 48.9 Å². The molecule has 1 fully saturated rings. The maximum absolute atomic E-state index is 13.4. The number of rotatable bonds is 6. The zero-order valence-electron chi connectivity index (χ0n) is 22.8. The number of nitrogens with one attached hydrogen (secondary N) is 2. The Morgan fingerprint density at radius 3 is 2.55 bits per heavy atom. The highest BCUT2D eigenvalue weighted by molar-refractivity contribution is 5.94. The molecule has 0 aliphatic carbocycles. The standard InChI is InChI=1S/C30H38N6O2/c1-20-26(33-19-34-28(20)32-18-21-7-9-22(10-8-21)30(2,3)4)29(37)36-15-11-23(12-16-36)35-24-13-17-38-25-6-5-14-31-27(24)25/h5-10,14,19,23-24,35H,11-13,15-18H2,1-4H3,(H,32,33,34). The van der Waals surface area contributed by atoms with Crippen LogP contribution < -0.4 is 15.4 Å². The van der Waals surface area contributed by atoms with Crippen molar-refractivity contribution in [2.45, 2.75) is 71.0 Å². The highest BCUT2D eigenvalue weighted by atomic mass is 16.5. The van der Waals surface area contributed by atoms with E-state index < -0.39 is 0 Å². The number of piperidine rings is 1. The van der Waals surface area contributed by atoms with Gasteiger partial charge in [0.2, 0.25) is 0 Å². The SMILES string of the molecule is Cc1c(NCc2ccc(C(C)(C)C)cc2)ncnc1C(=O)N1CCC(NC2CCOc3cccnc32)CC1. The Bertz CT molecular complexity index is 1260. The van der Waals surface area contributed by atoms with Crippen molar-refractivity contribution >= 4 is 11.7 Å². The van der Waals surface area contributed by atoms with E-state index in [1.54, 1.807) is 0 Å². The Morgan fingerprint density at radius 2 is 1.82 bits per heavy atom. The quantitative estimate of drug-likeness (QED) is 0.488. The van der Waals surface area contributed by atoms with Gasteiger partial charge in [0.05, 0.1) is 18.3 Å². The molecule has 2 aliphatic heterocycles. The Morgan fingerprint density at radius 1 is 1.05 bits per heavy atom. The van der Waals surface area contributed by atoms with E-state index >= 15 is 0 Å². The summed E-state index contributed by atoms with van der Waals surface area (Å²) < 4.78 is 5.75. The summed E-state index contributed by atoms with van der Waals surface area (Å²) in [4.78, 5) is 28.6. The smallest absolute Gasteiger partial charge is 0.272 e. The number of fused-ring (bicyclic) bond motifs is 1. The predicted octanol–water partition coefficient (Wildman–Crippen LogP) is 4.81. The van der Waals surface area contributed by atoms with Gasteiger partial charge in [0.1, 0.15) is 23.6 Å². The van der Waals surface area contributed by atoms with Crippen molar-refractivity contribution in [1.29, 1.82) is 0 Å². The minimum absolute atomic E-state index is 0.0287. The Kier molecular flexibility index (Phi) is 7.61. The largest absolute Gasteiger partial charge is 0.492 e. The van der Waals surface area contributed by atoms with Crippen molar-refractivity contribution in [2.24, 2.45) is 0 Å². The van der Waals surface area contributed by atoms with Crippen LogP contribution in [0, 0.1) is 6.92 Å². The van der Waals surface area contributed by atoms with Crippen LogP contribution in [-0.2, 0) is 12.0 Å². The molecule has 38 heavy (non-hydrogen) atoms. The average molecular weight is 515 g/mol. The summed E-state index contributed by atoms with van der Waals surface area (Å²) in [5, 5.41) is 7.16. The van der Waals surface area contributed by atoms with Gasteiger partial charge in [0.15, 0.2) is 0 Å². The van der Waals surface area contributed by atoms with Gasteiger partial charge in [0.25, 0.3) is 5.91 Å². The highest BCUT2D eigenvalue weighted by Gasteiger charge is 2.30. The molecule has 1 atom stereocenters. The zero-order chi connectivity index (χ0) is 26.7. The topological polar surface area (TPSA) is 92.3 Å². The normalized spacial score (nSPS) is 18.0. The fraction of sp³-hybridized carbons (Fsp3) is 0.467. The average Bonchev–Trinajstić information content (AvgIpc) is 2.92. The van der Waals surface area contributed by atoms with Crippen molar-refractivity contribution < 1.29 is 9.53 Å². The van der Waals surface area contributed by atoms with Crippen molar-refractivity contribution in [1.82, 2.24) is 25.2 Å². The molecule has 1 saturated heterocycles. The third kappa shape index (κ3) is 5.80. The van der Waals surface area contributed by atoms with Crippen LogP contribution in [0.25, 0.3) is 0 Å². The highest BCUT2D eigenvalue weighted by Crippen LogP contribution is 2.31. The number of anilines is 1. The summed E-state index contributed by atoms with van der Waals surface area (Å²) >= 11 is 0. The lowest BCUT2D eigenvalue weighted by Crippen LogP contribution is -2.46. The van der Waals surface area contributed by atoms with E-state index in [2.05, 4.69) is 70.6 Å². The summed E-state index contributed by atoms with van der Waals surface area (Å²) in [5.41, 5.74) is 4.84. The fourth-order valence-corrected chi connectivity index (χ4v) is 5.21.